The molecule has 0 heterocycles. The second kappa shape index (κ2) is 6.23. The summed E-state index contributed by atoms with van der Waals surface area (Å²) >= 11 is 0. The molecule has 0 unspecified atom stereocenters. The van der Waals surface area contributed by atoms with Gasteiger partial charge in [0.15, 0.2) is 0 Å². The van der Waals surface area contributed by atoms with Crippen LogP contribution in [0.25, 0.3) is 0 Å². The molecule has 1 amide bonds. The molecular formula is C17H27NO. The van der Waals surface area contributed by atoms with Crippen molar-refractivity contribution >= 4 is 5.91 Å². The predicted octanol–water partition coefficient (Wildman–Crippen LogP) is 4.25. The van der Waals surface area contributed by atoms with E-state index >= 15 is 0 Å². The van der Waals surface area contributed by atoms with Gasteiger partial charge in [0, 0.05) is 6.42 Å². The summed E-state index contributed by atoms with van der Waals surface area (Å²) in [7, 11) is 0. The normalized spacial score (nSPS) is 12.3. The Bertz CT molecular complexity index is 407. The maximum atomic E-state index is 12.2. The Balaban J connectivity index is 2.66. The van der Waals surface area contributed by atoms with E-state index in [-0.39, 0.29) is 16.9 Å². The molecular weight excluding hydrogens is 234 g/mol. The first-order chi connectivity index (χ1) is 8.77. The zero-order valence-corrected chi connectivity index (χ0v) is 12.9. The average molecular weight is 261 g/mol. The first kappa shape index (κ1) is 15.7. The molecule has 0 saturated heterocycles. The summed E-state index contributed by atoms with van der Waals surface area (Å²) in [4.78, 5) is 12.2. The van der Waals surface area contributed by atoms with Gasteiger partial charge in [-0.1, -0.05) is 57.5 Å². The van der Waals surface area contributed by atoms with E-state index in [1.54, 1.807) is 0 Å². The Kier molecular flexibility index (Phi) is 5.16. The van der Waals surface area contributed by atoms with Crippen molar-refractivity contribution in [1.82, 2.24) is 5.32 Å². The summed E-state index contributed by atoms with van der Waals surface area (Å²) in [6, 6.07) is 10.1. The minimum Gasteiger partial charge on any atom is -0.347 e. The van der Waals surface area contributed by atoms with E-state index in [1.807, 2.05) is 32.0 Å². The molecule has 0 aliphatic heterocycles. The first-order valence-corrected chi connectivity index (χ1v) is 7.13. The van der Waals surface area contributed by atoms with Crippen LogP contribution in [-0.2, 0) is 10.3 Å². The fourth-order valence-corrected chi connectivity index (χ4v) is 2.52. The molecule has 0 saturated carbocycles. The smallest absolute Gasteiger partial charge is 0.221 e. The quantitative estimate of drug-likeness (QED) is 0.814. The van der Waals surface area contributed by atoms with Crippen LogP contribution in [0.1, 0.15) is 59.4 Å². The number of nitrogens with one attached hydrogen (secondary N) is 1. The number of hydrogen-bond donors (Lipinski definition) is 1. The van der Waals surface area contributed by atoms with Gasteiger partial charge in [0.25, 0.3) is 0 Å². The molecule has 0 bridgehead atoms. The highest BCUT2D eigenvalue weighted by Crippen LogP contribution is 2.27. The molecule has 1 N–H and O–H groups in total. The summed E-state index contributed by atoms with van der Waals surface area (Å²) in [5.41, 5.74) is 0.892. The van der Waals surface area contributed by atoms with Crippen molar-refractivity contribution in [3.8, 4) is 0 Å². The number of carbonyl (C=O) groups is 1. The lowest BCUT2D eigenvalue weighted by molar-refractivity contribution is -0.124. The Morgan fingerprint density at radius 2 is 1.68 bits per heavy atom. The van der Waals surface area contributed by atoms with Crippen molar-refractivity contribution in [1.29, 1.82) is 0 Å². The van der Waals surface area contributed by atoms with Crippen molar-refractivity contribution in [2.45, 2.75) is 59.4 Å². The second-order valence-corrected chi connectivity index (χ2v) is 6.63. The van der Waals surface area contributed by atoms with Gasteiger partial charge >= 0.3 is 0 Å². The molecule has 106 valence electrons. The fourth-order valence-electron chi connectivity index (χ4n) is 2.52. The highest BCUT2D eigenvalue weighted by atomic mass is 16.1. The van der Waals surface area contributed by atoms with Gasteiger partial charge in [-0.05, 0) is 31.2 Å². The maximum absolute atomic E-state index is 12.2. The molecule has 0 aliphatic rings. The summed E-state index contributed by atoms with van der Waals surface area (Å²) in [6.45, 7) is 10.6. The van der Waals surface area contributed by atoms with Gasteiger partial charge in [-0.3, -0.25) is 4.79 Å². The van der Waals surface area contributed by atoms with Crippen molar-refractivity contribution < 1.29 is 4.79 Å². The summed E-state index contributed by atoms with van der Waals surface area (Å²) < 4.78 is 0. The monoisotopic (exact) mass is 261 g/mol. The van der Waals surface area contributed by atoms with Gasteiger partial charge in [-0.25, -0.2) is 0 Å². The summed E-state index contributed by atoms with van der Waals surface area (Å²) in [5.74, 6) is 0.132. The molecule has 0 fully saturated rings. The number of amides is 1. The SMILES string of the molecule is CCCC(C)(C)CC(=O)NC(C)(C)c1ccccc1. The second-order valence-electron chi connectivity index (χ2n) is 6.63. The van der Waals surface area contributed by atoms with Crippen LogP contribution in [0, 0.1) is 5.41 Å². The van der Waals surface area contributed by atoms with E-state index in [4.69, 9.17) is 0 Å². The van der Waals surface area contributed by atoms with Crippen LogP contribution >= 0.6 is 0 Å². The maximum Gasteiger partial charge on any atom is 0.221 e. The lowest BCUT2D eigenvalue weighted by atomic mass is 9.83. The van der Waals surface area contributed by atoms with Crippen LogP contribution in [0.2, 0.25) is 0 Å². The zero-order chi connectivity index (χ0) is 14.5. The van der Waals surface area contributed by atoms with Gasteiger partial charge in [0.05, 0.1) is 5.54 Å². The highest BCUT2D eigenvalue weighted by Gasteiger charge is 2.26. The molecule has 0 radical (unpaired) electrons. The average Bonchev–Trinajstić information content (AvgIpc) is 2.28. The van der Waals surface area contributed by atoms with Crippen LogP contribution in [-0.4, -0.2) is 5.91 Å². The summed E-state index contributed by atoms with van der Waals surface area (Å²) in [6.07, 6.45) is 2.77. The Labute approximate surface area is 117 Å². The van der Waals surface area contributed by atoms with Crippen LogP contribution in [0.3, 0.4) is 0 Å². The number of benzene rings is 1. The van der Waals surface area contributed by atoms with E-state index in [2.05, 4.69) is 38.2 Å². The third kappa shape index (κ3) is 5.06. The van der Waals surface area contributed by atoms with E-state index in [1.165, 1.54) is 0 Å². The van der Waals surface area contributed by atoms with Crippen LogP contribution in [0.15, 0.2) is 30.3 Å². The largest absolute Gasteiger partial charge is 0.347 e. The van der Waals surface area contributed by atoms with Gasteiger partial charge in [0.1, 0.15) is 0 Å². The molecule has 0 atom stereocenters. The Hall–Kier alpha value is -1.31. The molecule has 2 nitrogen and oxygen atoms in total. The van der Waals surface area contributed by atoms with Crippen molar-refractivity contribution in [2.75, 3.05) is 0 Å². The zero-order valence-electron chi connectivity index (χ0n) is 12.9. The van der Waals surface area contributed by atoms with Crippen LogP contribution in [0.5, 0.6) is 0 Å². The van der Waals surface area contributed by atoms with E-state index in [0.29, 0.717) is 6.42 Å². The van der Waals surface area contributed by atoms with Crippen LogP contribution in [0.4, 0.5) is 0 Å². The fraction of sp³-hybridized carbons (Fsp3) is 0.588. The molecule has 0 spiro atoms. The minimum absolute atomic E-state index is 0.0750. The Morgan fingerprint density at radius 1 is 1.11 bits per heavy atom. The van der Waals surface area contributed by atoms with Gasteiger partial charge in [0.2, 0.25) is 5.91 Å². The van der Waals surface area contributed by atoms with E-state index < -0.39 is 0 Å². The minimum atomic E-state index is -0.319. The van der Waals surface area contributed by atoms with E-state index in [9.17, 15) is 4.79 Å². The number of hydrogen-bond acceptors (Lipinski definition) is 1. The number of rotatable bonds is 6. The predicted molar refractivity (Wildman–Crippen MR) is 80.9 cm³/mol. The first-order valence-electron chi connectivity index (χ1n) is 7.13. The molecule has 19 heavy (non-hydrogen) atoms. The van der Waals surface area contributed by atoms with Gasteiger partial charge in [-0.15, -0.1) is 0 Å². The van der Waals surface area contributed by atoms with Gasteiger partial charge < -0.3 is 5.32 Å². The standard InChI is InChI=1S/C17H27NO/c1-6-12-16(2,3)13-15(19)18-17(4,5)14-10-8-7-9-11-14/h7-11H,6,12-13H2,1-5H3,(H,18,19). The molecule has 1 aromatic rings. The lowest BCUT2D eigenvalue weighted by Crippen LogP contribution is -2.42. The molecule has 0 aliphatic carbocycles. The van der Waals surface area contributed by atoms with Crippen molar-refractivity contribution in [3.63, 3.8) is 0 Å². The molecule has 1 rings (SSSR count). The lowest BCUT2D eigenvalue weighted by Gasteiger charge is -2.30. The van der Waals surface area contributed by atoms with Crippen molar-refractivity contribution in [2.24, 2.45) is 5.41 Å². The highest BCUT2D eigenvalue weighted by molar-refractivity contribution is 5.77. The topological polar surface area (TPSA) is 29.1 Å². The van der Waals surface area contributed by atoms with E-state index in [0.717, 1.165) is 18.4 Å². The molecule has 1 aromatic carbocycles. The third-order valence-corrected chi connectivity index (χ3v) is 3.51. The molecule has 2 heteroatoms. The molecule has 0 aromatic heterocycles. The summed E-state index contributed by atoms with van der Waals surface area (Å²) in [5, 5.41) is 3.15. The number of carbonyl (C=O) groups excluding carboxylic acids is 1. The Morgan fingerprint density at radius 3 is 2.21 bits per heavy atom. The van der Waals surface area contributed by atoms with Gasteiger partial charge in [-0.2, -0.15) is 0 Å². The van der Waals surface area contributed by atoms with Crippen molar-refractivity contribution in [3.05, 3.63) is 35.9 Å². The third-order valence-electron chi connectivity index (χ3n) is 3.51. The van der Waals surface area contributed by atoms with Crippen LogP contribution < -0.4 is 5.32 Å².